The first-order chi connectivity index (χ1) is 3.30. The van der Waals surface area contributed by atoms with Crippen LogP contribution >= 0.6 is 0 Å². The molecule has 1 aliphatic carbocycles. The van der Waals surface area contributed by atoms with Crippen LogP contribution in [-0.2, 0) is 0 Å². The van der Waals surface area contributed by atoms with Gasteiger partial charge in [0.25, 0.3) is 0 Å². The molecule has 0 aliphatic heterocycles. The van der Waals surface area contributed by atoms with Crippen molar-refractivity contribution in [2.75, 3.05) is 0 Å². The molecule has 1 nitrogen and oxygen atoms in total. The van der Waals surface area contributed by atoms with Crippen molar-refractivity contribution >= 4 is 16.3 Å². The highest BCUT2D eigenvalue weighted by Gasteiger charge is 2.19. The molecule has 1 rings (SSSR count). The van der Waals surface area contributed by atoms with E-state index in [-0.39, 0.29) is 6.10 Å². The van der Waals surface area contributed by atoms with Gasteiger partial charge in [0.05, 0.1) is 0 Å². The summed E-state index contributed by atoms with van der Waals surface area (Å²) >= 11 is 1.19. The second kappa shape index (κ2) is 2.17. The molecule has 0 aromatic carbocycles. The number of aliphatic hydroxyl groups is 1. The molecular formula is C5H11AlO. The molecule has 1 saturated carbocycles. The first-order valence-corrected chi connectivity index (χ1v) is 4.14. The molecule has 1 aliphatic rings. The summed E-state index contributed by atoms with van der Waals surface area (Å²) in [7, 11) is 0. The van der Waals surface area contributed by atoms with Crippen molar-refractivity contribution in [3.05, 3.63) is 0 Å². The summed E-state index contributed by atoms with van der Waals surface area (Å²) in [6.45, 7) is 0. The Bertz CT molecular complexity index is 57.1. The Morgan fingerprint density at radius 2 is 2.14 bits per heavy atom. The first kappa shape index (κ1) is 5.63. The van der Waals surface area contributed by atoms with Crippen LogP contribution in [0.25, 0.3) is 0 Å². The van der Waals surface area contributed by atoms with Gasteiger partial charge in [-0.15, -0.1) is 0 Å². The largest absolute Gasteiger partial charge is 0.394 e. The minimum absolute atomic E-state index is 0.0756. The van der Waals surface area contributed by atoms with E-state index in [1.807, 2.05) is 0 Å². The van der Waals surface area contributed by atoms with Crippen LogP contribution in [0.15, 0.2) is 0 Å². The lowest BCUT2D eigenvalue weighted by atomic mass is 10.3. The van der Waals surface area contributed by atoms with Gasteiger partial charge in [-0.05, 0) is 6.42 Å². The zero-order chi connectivity index (χ0) is 5.28. The van der Waals surface area contributed by atoms with Crippen LogP contribution in [0.4, 0.5) is 0 Å². The van der Waals surface area contributed by atoms with Gasteiger partial charge in [-0.25, -0.2) is 0 Å². The summed E-state index contributed by atoms with van der Waals surface area (Å²) in [5.41, 5.74) is 0. The van der Waals surface area contributed by atoms with Crippen molar-refractivity contribution in [2.24, 2.45) is 0 Å². The van der Waals surface area contributed by atoms with Gasteiger partial charge in [0, 0.05) is 6.10 Å². The van der Waals surface area contributed by atoms with Crippen molar-refractivity contribution in [3.63, 3.8) is 0 Å². The second-order valence-electron chi connectivity index (χ2n) is 2.48. The number of hydrogen-bond acceptors (Lipinski definition) is 1. The monoisotopic (exact) mass is 114 g/mol. The van der Waals surface area contributed by atoms with Crippen molar-refractivity contribution in [3.8, 4) is 0 Å². The maximum Gasteiger partial charge on any atom is 0.220 e. The molecule has 0 radical (unpaired) electrons. The first-order valence-electron chi connectivity index (χ1n) is 2.99. The van der Waals surface area contributed by atoms with Gasteiger partial charge in [0.2, 0.25) is 16.3 Å². The predicted octanol–water partition coefficient (Wildman–Crippen LogP) is -0.0472. The SMILES string of the molecule is OC1CCC[CH]1[AlH2]. The minimum atomic E-state index is 0.0756. The summed E-state index contributed by atoms with van der Waals surface area (Å²) in [6, 6.07) is 0. The molecule has 0 aromatic rings. The Kier molecular flexibility index (Phi) is 1.75. The Morgan fingerprint density at radius 1 is 1.43 bits per heavy atom. The van der Waals surface area contributed by atoms with Crippen LogP contribution in [0.3, 0.4) is 0 Å². The van der Waals surface area contributed by atoms with Crippen LogP contribution < -0.4 is 0 Å². The third kappa shape index (κ3) is 1.19. The predicted molar refractivity (Wildman–Crippen MR) is 32.2 cm³/mol. The average molecular weight is 114 g/mol. The highest BCUT2D eigenvalue weighted by molar-refractivity contribution is 6.12. The molecule has 0 saturated heterocycles. The third-order valence-electron chi connectivity index (χ3n) is 1.82. The van der Waals surface area contributed by atoms with Crippen LogP contribution in [0.2, 0.25) is 4.78 Å². The lowest BCUT2D eigenvalue weighted by Crippen LogP contribution is -2.05. The van der Waals surface area contributed by atoms with Gasteiger partial charge in [-0.1, -0.05) is 17.6 Å². The molecular weight excluding hydrogens is 103 g/mol. The molecule has 2 unspecified atom stereocenters. The van der Waals surface area contributed by atoms with Crippen LogP contribution in [-0.4, -0.2) is 27.5 Å². The quantitative estimate of drug-likeness (QED) is 0.438. The lowest BCUT2D eigenvalue weighted by Gasteiger charge is -2.04. The van der Waals surface area contributed by atoms with E-state index in [2.05, 4.69) is 0 Å². The van der Waals surface area contributed by atoms with Crippen molar-refractivity contribution in [2.45, 2.75) is 30.1 Å². The topological polar surface area (TPSA) is 20.2 Å². The average Bonchev–Trinajstić information content (AvgIpc) is 1.91. The van der Waals surface area contributed by atoms with Gasteiger partial charge >= 0.3 is 0 Å². The fourth-order valence-corrected chi connectivity index (χ4v) is 1.87. The maximum absolute atomic E-state index is 9.03. The highest BCUT2D eigenvalue weighted by atomic mass is 27.0. The van der Waals surface area contributed by atoms with E-state index in [0.29, 0.717) is 4.78 Å². The summed E-state index contributed by atoms with van der Waals surface area (Å²) in [5.74, 6) is 0. The Balaban J connectivity index is 2.33. The van der Waals surface area contributed by atoms with Gasteiger partial charge in [-0.3, -0.25) is 0 Å². The Labute approximate surface area is 52.1 Å². The molecule has 40 valence electrons. The standard InChI is InChI=1S/C5H9O.Al.2H/c6-5-3-1-2-4-5;;;/h3,5-6H,1-2,4H2;;;. The smallest absolute Gasteiger partial charge is 0.220 e. The van der Waals surface area contributed by atoms with E-state index in [9.17, 15) is 0 Å². The van der Waals surface area contributed by atoms with Gasteiger partial charge in [0.1, 0.15) is 0 Å². The normalized spacial score (nSPS) is 41.9. The van der Waals surface area contributed by atoms with Gasteiger partial charge < -0.3 is 5.11 Å². The van der Waals surface area contributed by atoms with Crippen molar-refractivity contribution in [1.82, 2.24) is 0 Å². The van der Waals surface area contributed by atoms with E-state index in [4.69, 9.17) is 5.11 Å². The molecule has 7 heavy (non-hydrogen) atoms. The Morgan fingerprint density at radius 3 is 2.29 bits per heavy atom. The minimum Gasteiger partial charge on any atom is -0.394 e. The zero-order valence-corrected chi connectivity index (χ0v) is 6.72. The van der Waals surface area contributed by atoms with Crippen LogP contribution in [0.1, 0.15) is 19.3 Å². The second-order valence-corrected chi connectivity index (χ2v) is 3.96. The highest BCUT2D eigenvalue weighted by Crippen LogP contribution is 2.26. The number of aliphatic hydroxyl groups excluding tert-OH is 1. The van der Waals surface area contributed by atoms with E-state index < -0.39 is 0 Å². The van der Waals surface area contributed by atoms with Crippen molar-refractivity contribution < 1.29 is 5.11 Å². The molecule has 0 amide bonds. The van der Waals surface area contributed by atoms with Gasteiger partial charge in [-0.2, -0.15) is 0 Å². The van der Waals surface area contributed by atoms with Crippen LogP contribution in [0.5, 0.6) is 0 Å². The summed E-state index contributed by atoms with van der Waals surface area (Å²) in [4.78, 5) is 0. The molecule has 2 atom stereocenters. The summed E-state index contributed by atoms with van der Waals surface area (Å²) in [5, 5.41) is 9.03. The number of hydrogen-bond donors (Lipinski definition) is 1. The number of rotatable bonds is 0. The molecule has 1 N–H and O–H groups in total. The summed E-state index contributed by atoms with van der Waals surface area (Å²) in [6.07, 6.45) is 3.68. The summed E-state index contributed by atoms with van der Waals surface area (Å²) < 4.78 is 0.708. The maximum atomic E-state index is 9.03. The molecule has 2 heteroatoms. The molecule has 0 aromatic heterocycles. The van der Waals surface area contributed by atoms with E-state index in [1.165, 1.54) is 29.1 Å². The molecule has 0 spiro atoms. The zero-order valence-electron chi connectivity index (χ0n) is 4.72. The van der Waals surface area contributed by atoms with Gasteiger partial charge in [0.15, 0.2) is 0 Å². The van der Waals surface area contributed by atoms with Crippen LogP contribution in [0, 0.1) is 0 Å². The molecule has 0 heterocycles. The molecule has 1 fully saturated rings. The van der Waals surface area contributed by atoms with E-state index in [1.54, 1.807) is 0 Å². The molecule has 0 bridgehead atoms. The van der Waals surface area contributed by atoms with E-state index >= 15 is 0 Å². The fraction of sp³-hybridized carbons (Fsp3) is 1.00. The lowest BCUT2D eigenvalue weighted by molar-refractivity contribution is 0.184. The third-order valence-corrected chi connectivity index (χ3v) is 3.16. The fourth-order valence-electron chi connectivity index (χ4n) is 1.13. The van der Waals surface area contributed by atoms with E-state index in [0.717, 1.165) is 6.42 Å². The van der Waals surface area contributed by atoms with Crippen molar-refractivity contribution in [1.29, 1.82) is 0 Å². The Hall–Kier alpha value is 0.492.